The average Bonchev–Trinajstić information content (AvgIpc) is 3.08. The van der Waals surface area contributed by atoms with Gasteiger partial charge in [-0.3, -0.25) is 9.63 Å². The summed E-state index contributed by atoms with van der Waals surface area (Å²) in [7, 11) is 0. The second kappa shape index (κ2) is 8.10. The molecular formula is C24H36N2O4. The van der Waals surface area contributed by atoms with E-state index in [0.717, 1.165) is 25.0 Å². The van der Waals surface area contributed by atoms with Crippen molar-refractivity contribution in [1.82, 2.24) is 0 Å². The second-order valence-corrected chi connectivity index (χ2v) is 10.4. The van der Waals surface area contributed by atoms with Gasteiger partial charge in [0.25, 0.3) is 0 Å². The smallest absolute Gasteiger partial charge is 0.431 e. The Morgan fingerprint density at radius 2 is 1.97 bits per heavy atom. The highest BCUT2D eigenvalue weighted by Crippen LogP contribution is 2.66. The molecule has 4 aliphatic carbocycles. The highest BCUT2D eigenvalue weighted by atomic mass is 16.8. The van der Waals surface area contributed by atoms with Crippen LogP contribution in [-0.2, 0) is 14.4 Å². The summed E-state index contributed by atoms with van der Waals surface area (Å²) in [4.78, 5) is 28.6. The lowest BCUT2D eigenvalue weighted by molar-refractivity contribution is -0.117. The molecule has 3 saturated carbocycles. The van der Waals surface area contributed by atoms with Crippen LogP contribution in [0.3, 0.4) is 0 Å². The summed E-state index contributed by atoms with van der Waals surface area (Å²) in [6.07, 6.45) is 9.88. The Labute approximate surface area is 179 Å². The van der Waals surface area contributed by atoms with Crippen molar-refractivity contribution in [1.29, 1.82) is 0 Å². The van der Waals surface area contributed by atoms with Gasteiger partial charge in [-0.05, 0) is 86.5 Å². The minimum Gasteiger partial charge on any atom is -0.431 e. The quantitative estimate of drug-likeness (QED) is 0.312. The zero-order valence-corrected chi connectivity index (χ0v) is 18.6. The standard InChI is InChI=1S/C24H36N2O4/c1-15(26-30-22(28)29-13-12-25)19-6-7-20-18-5-4-16-14-17(27)8-10-23(16,2)21(18)9-11-24(19,20)3/h14,18-21H,4-13,25H2,1-3H3/b26-15+/t18-,19+,20-,21-,23-,24+/m0/s1. The van der Waals surface area contributed by atoms with Crippen molar-refractivity contribution in [2.75, 3.05) is 13.2 Å². The fourth-order valence-corrected chi connectivity index (χ4v) is 7.59. The van der Waals surface area contributed by atoms with Gasteiger partial charge in [-0.25, -0.2) is 4.79 Å². The lowest BCUT2D eigenvalue weighted by Gasteiger charge is -2.58. The van der Waals surface area contributed by atoms with Crippen LogP contribution in [0, 0.1) is 34.5 Å². The van der Waals surface area contributed by atoms with Gasteiger partial charge < -0.3 is 10.5 Å². The van der Waals surface area contributed by atoms with Gasteiger partial charge in [0.15, 0.2) is 5.78 Å². The van der Waals surface area contributed by atoms with E-state index in [1.54, 1.807) is 0 Å². The first kappa shape index (κ1) is 21.5. The summed E-state index contributed by atoms with van der Waals surface area (Å²) < 4.78 is 4.85. The van der Waals surface area contributed by atoms with Gasteiger partial charge in [0.1, 0.15) is 6.61 Å². The highest BCUT2D eigenvalue weighted by Gasteiger charge is 2.59. The number of rotatable bonds is 4. The van der Waals surface area contributed by atoms with Gasteiger partial charge in [0.2, 0.25) is 0 Å². The molecule has 0 aliphatic heterocycles. The van der Waals surface area contributed by atoms with Gasteiger partial charge in [0.05, 0.1) is 5.71 Å². The molecule has 6 nitrogen and oxygen atoms in total. The normalized spacial score (nSPS) is 40.7. The van der Waals surface area contributed by atoms with E-state index < -0.39 is 6.16 Å². The lowest BCUT2D eigenvalue weighted by atomic mass is 9.46. The molecule has 0 amide bonds. The summed E-state index contributed by atoms with van der Waals surface area (Å²) in [6.45, 7) is 7.24. The molecule has 166 valence electrons. The number of fused-ring (bicyclic) bond motifs is 5. The van der Waals surface area contributed by atoms with E-state index in [1.165, 1.54) is 31.3 Å². The Hall–Kier alpha value is -1.69. The minimum absolute atomic E-state index is 0.139. The van der Waals surface area contributed by atoms with Crippen LogP contribution in [0.4, 0.5) is 4.79 Å². The van der Waals surface area contributed by atoms with E-state index in [-0.39, 0.29) is 24.0 Å². The molecule has 6 atom stereocenters. The molecule has 0 radical (unpaired) electrons. The van der Waals surface area contributed by atoms with Crippen LogP contribution in [0.5, 0.6) is 0 Å². The first-order valence-electron chi connectivity index (χ1n) is 11.6. The molecule has 0 bridgehead atoms. The van der Waals surface area contributed by atoms with Gasteiger partial charge in [0, 0.05) is 18.9 Å². The van der Waals surface area contributed by atoms with E-state index in [4.69, 9.17) is 15.3 Å². The molecule has 4 rings (SSSR count). The summed E-state index contributed by atoms with van der Waals surface area (Å²) in [6, 6.07) is 0. The predicted molar refractivity (Wildman–Crippen MR) is 115 cm³/mol. The average molecular weight is 417 g/mol. The monoisotopic (exact) mass is 416 g/mol. The number of carbonyl (C=O) groups is 2. The predicted octanol–water partition coefficient (Wildman–Crippen LogP) is 4.62. The first-order chi connectivity index (χ1) is 14.3. The summed E-state index contributed by atoms with van der Waals surface area (Å²) in [5.74, 6) is 2.73. The number of ketones is 1. The van der Waals surface area contributed by atoms with Crippen molar-refractivity contribution in [3.8, 4) is 0 Å². The van der Waals surface area contributed by atoms with E-state index in [2.05, 4.69) is 19.0 Å². The number of hydrogen-bond acceptors (Lipinski definition) is 6. The van der Waals surface area contributed by atoms with Crippen LogP contribution in [0.1, 0.15) is 72.1 Å². The molecule has 30 heavy (non-hydrogen) atoms. The number of nitrogens with zero attached hydrogens (tertiary/aromatic N) is 1. The molecule has 0 aromatic heterocycles. The largest absolute Gasteiger partial charge is 0.535 e. The summed E-state index contributed by atoms with van der Waals surface area (Å²) in [5, 5.41) is 4.14. The second-order valence-electron chi connectivity index (χ2n) is 10.4. The molecule has 4 aliphatic rings. The van der Waals surface area contributed by atoms with E-state index >= 15 is 0 Å². The third kappa shape index (κ3) is 3.51. The number of oxime groups is 1. The molecule has 6 heteroatoms. The van der Waals surface area contributed by atoms with Crippen LogP contribution in [0.15, 0.2) is 16.8 Å². The third-order valence-electron chi connectivity index (χ3n) is 9.07. The zero-order valence-electron chi connectivity index (χ0n) is 18.6. The number of carbonyl (C=O) groups excluding carboxylic acids is 2. The van der Waals surface area contributed by atoms with E-state index in [9.17, 15) is 9.59 Å². The Morgan fingerprint density at radius 3 is 2.73 bits per heavy atom. The molecule has 0 unspecified atom stereocenters. The van der Waals surface area contributed by atoms with E-state index in [1.807, 2.05) is 13.0 Å². The molecular weight excluding hydrogens is 380 g/mol. The van der Waals surface area contributed by atoms with E-state index in [0.29, 0.717) is 35.9 Å². The minimum atomic E-state index is -0.783. The van der Waals surface area contributed by atoms with Crippen molar-refractivity contribution in [2.24, 2.45) is 45.4 Å². The van der Waals surface area contributed by atoms with Crippen molar-refractivity contribution >= 4 is 17.7 Å². The van der Waals surface area contributed by atoms with Crippen molar-refractivity contribution < 1.29 is 19.2 Å². The number of allylic oxidation sites excluding steroid dienone is 1. The molecule has 0 spiro atoms. The fourth-order valence-electron chi connectivity index (χ4n) is 7.59. The van der Waals surface area contributed by atoms with Crippen molar-refractivity contribution in [2.45, 2.75) is 72.1 Å². The first-order valence-corrected chi connectivity index (χ1v) is 11.6. The van der Waals surface area contributed by atoms with Gasteiger partial charge in [-0.2, -0.15) is 0 Å². The SMILES string of the molecule is C/C(=N\OC(=O)OCCN)[C@H]1CC[C@H]2[C@@H]3CCC4=CC(=O)CC[C@]4(C)[C@H]3CC[C@]12C. The topological polar surface area (TPSA) is 91.0 Å². The summed E-state index contributed by atoms with van der Waals surface area (Å²) >= 11 is 0. The highest BCUT2D eigenvalue weighted by molar-refractivity contribution is 5.91. The molecule has 2 N–H and O–H groups in total. The number of hydrogen-bond donors (Lipinski definition) is 1. The van der Waals surface area contributed by atoms with Crippen LogP contribution in [0.2, 0.25) is 0 Å². The van der Waals surface area contributed by atoms with Gasteiger partial charge >= 0.3 is 6.16 Å². The number of ether oxygens (including phenoxy) is 1. The zero-order chi connectivity index (χ0) is 21.5. The Morgan fingerprint density at radius 1 is 1.17 bits per heavy atom. The molecule has 0 aromatic carbocycles. The Balaban J connectivity index is 1.49. The van der Waals surface area contributed by atoms with Crippen LogP contribution in [0.25, 0.3) is 0 Å². The lowest BCUT2D eigenvalue weighted by Crippen LogP contribution is -2.51. The summed E-state index contributed by atoms with van der Waals surface area (Å²) in [5.41, 5.74) is 8.06. The maximum Gasteiger partial charge on any atom is 0.535 e. The van der Waals surface area contributed by atoms with Crippen LogP contribution in [-0.4, -0.2) is 30.8 Å². The van der Waals surface area contributed by atoms with Crippen LogP contribution < -0.4 is 5.73 Å². The maximum atomic E-state index is 12.0. The van der Waals surface area contributed by atoms with Crippen molar-refractivity contribution in [3.05, 3.63) is 11.6 Å². The van der Waals surface area contributed by atoms with Gasteiger partial charge in [-0.1, -0.05) is 24.6 Å². The fraction of sp³-hybridized carbons (Fsp3) is 0.792. The molecule has 3 fully saturated rings. The molecule has 0 aromatic rings. The maximum absolute atomic E-state index is 12.0. The van der Waals surface area contributed by atoms with Gasteiger partial charge in [-0.15, -0.1) is 0 Å². The Kier molecular flexibility index (Phi) is 5.82. The van der Waals surface area contributed by atoms with Crippen molar-refractivity contribution in [3.63, 3.8) is 0 Å². The third-order valence-corrected chi connectivity index (χ3v) is 9.07. The molecule has 0 saturated heterocycles. The number of nitrogens with two attached hydrogens (primary N) is 1. The van der Waals surface area contributed by atoms with Crippen LogP contribution >= 0.6 is 0 Å². The Bertz CT molecular complexity index is 775. The molecule has 0 heterocycles.